The van der Waals surface area contributed by atoms with Crippen LogP contribution in [0.5, 0.6) is 11.5 Å². The van der Waals surface area contributed by atoms with E-state index >= 15 is 0 Å². The van der Waals surface area contributed by atoms with E-state index in [0.29, 0.717) is 22.9 Å². The number of benzene rings is 1. The van der Waals surface area contributed by atoms with Gasteiger partial charge in [0, 0.05) is 18.0 Å². The zero-order chi connectivity index (χ0) is 13.8. The molecule has 0 saturated carbocycles. The monoisotopic (exact) mass is 280 g/mol. The number of carbonyl (C=O) groups excluding carboxylic acids is 1. The van der Waals surface area contributed by atoms with Crippen LogP contribution in [-0.4, -0.2) is 22.7 Å². The number of aromatic nitrogens is 1. The van der Waals surface area contributed by atoms with Gasteiger partial charge in [-0.3, -0.25) is 0 Å². The Morgan fingerprint density at radius 1 is 1.42 bits per heavy atom. The molecule has 0 saturated heterocycles. The van der Waals surface area contributed by atoms with Gasteiger partial charge in [0.2, 0.25) is 0 Å². The highest BCUT2D eigenvalue weighted by atomic mass is 32.1. The van der Waals surface area contributed by atoms with E-state index in [1.165, 1.54) is 23.5 Å². The largest absolute Gasteiger partial charge is 0.508 e. The van der Waals surface area contributed by atoms with Gasteiger partial charge in [0.25, 0.3) is 0 Å². The van der Waals surface area contributed by atoms with Gasteiger partial charge in [-0.1, -0.05) is 11.3 Å². The standard InChI is InChI=1S/C12H13N3O3S/c13-4-3-11(18)15-12-14-9(6-19-12)8-2-1-7(16)5-10(8)17/h1-2,5-6,16-17H,3-4,13H2,(H,14,15,18)/p+1. The van der Waals surface area contributed by atoms with Gasteiger partial charge in [-0.2, -0.15) is 0 Å². The Balaban J connectivity index is 2.18. The fourth-order valence-electron chi connectivity index (χ4n) is 1.56. The third kappa shape index (κ3) is 3.21. The molecule has 6 nitrogen and oxygen atoms in total. The number of phenols is 2. The molecule has 0 bridgehead atoms. The van der Waals surface area contributed by atoms with Gasteiger partial charge in [0.1, 0.15) is 17.2 Å². The van der Waals surface area contributed by atoms with E-state index in [1.807, 2.05) is 0 Å². The van der Waals surface area contributed by atoms with Gasteiger partial charge in [-0.05, 0) is 12.1 Å². The molecule has 0 fully saturated rings. The van der Waals surface area contributed by atoms with E-state index < -0.39 is 0 Å². The molecule has 1 amide bonds. The summed E-state index contributed by atoms with van der Waals surface area (Å²) in [7, 11) is 0. The Bertz CT molecular complexity index is 598. The number of amides is 1. The Morgan fingerprint density at radius 2 is 2.21 bits per heavy atom. The number of phenolic OH excluding ortho intramolecular Hbond substituents is 2. The van der Waals surface area contributed by atoms with Crippen LogP contribution in [-0.2, 0) is 4.79 Å². The van der Waals surface area contributed by atoms with Crippen LogP contribution in [0, 0.1) is 0 Å². The Morgan fingerprint density at radius 3 is 2.89 bits per heavy atom. The molecule has 6 N–H and O–H groups in total. The van der Waals surface area contributed by atoms with Crippen molar-refractivity contribution >= 4 is 22.4 Å². The maximum Gasteiger partial charge on any atom is 0.339 e. The van der Waals surface area contributed by atoms with E-state index in [0.717, 1.165) is 0 Å². The quantitative estimate of drug-likeness (QED) is 0.667. The zero-order valence-corrected chi connectivity index (χ0v) is 10.8. The van der Waals surface area contributed by atoms with Gasteiger partial charge in [-0.15, -0.1) is 0 Å². The molecular formula is C12H14N3O3S+. The number of aromatic amines is 1. The second kappa shape index (κ2) is 5.68. The maximum atomic E-state index is 11.4. The molecule has 0 spiro atoms. The van der Waals surface area contributed by atoms with Gasteiger partial charge < -0.3 is 15.9 Å². The highest BCUT2D eigenvalue weighted by Crippen LogP contribution is 2.31. The van der Waals surface area contributed by atoms with Gasteiger partial charge in [0.15, 0.2) is 0 Å². The number of hydrogen-bond donors (Lipinski definition) is 4. The van der Waals surface area contributed by atoms with Crippen LogP contribution in [0.15, 0.2) is 23.6 Å². The topological polar surface area (TPSA) is 110 Å². The van der Waals surface area contributed by atoms with E-state index in [4.69, 9.17) is 5.73 Å². The summed E-state index contributed by atoms with van der Waals surface area (Å²) in [6.45, 7) is 0.294. The SMILES string of the molecule is NCCC(=O)Nc1[nH+]c(-c2ccc(O)cc2O)cs1. The molecule has 1 aromatic heterocycles. The molecule has 0 aliphatic rings. The number of hydrogen-bond acceptors (Lipinski definition) is 5. The number of thiazole rings is 1. The number of nitrogens with one attached hydrogen (secondary N) is 2. The molecule has 1 aromatic carbocycles. The van der Waals surface area contributed by atoms with E-state index in [-0.39, 0.29) is 23.8 Å². The zero-order valence-electron chi connectivity index (χ0n) is 10.0. The number of nitrogens with two attached hydrogens (primary N) is 1. The van der Waals surface area contributed by atoms with Crippen LogP contribution in [0.2, 0.25) is 0 Å². The maximum absolute atomic E-state index is 11.4. The molecule has 0 radical (unpaired) electrons. The second-order valence-corrected chi connectivity index (χ2v) is 4.77. The molecule has 19 heavy (non-hydrogen) atoms. The van der Waals surface area contributed by atoms with Crippen molar-refractivity contribution in [2.24, 2.45) is 5.73 Å². The summed E-state index contributed by atoms with van der Waals surface area (Å²) in [4.78, 5) is 14.4. The second-order valence-electron chi connectivity index (χ2n) is 3.89. The van der Waals surface area contributed by atoms with Crippen molar-refractivity contribution in [2.45, 2.75) is 6.42 Å². The van der Waals surface area contributed by atoms with E-state index in [9.17, 15) is 15.0 Å². The summed E-state index contributed by atoms with van der Waals surface area (Å²) in [5.74, 6) is -0.205. The van der Waals surface area contributed by atoms with Gasteiger partial charge >= 0.3 is 11.0 Å². The minimum absolute atomic E-state index is 0.00653. The Hall–Kier alpha value is -2.12. The number of anilines is 1. The predicted molar refractivity (Wildman–Crippen MR) is 71.9 cm³/mol. The normalized spacial score (nSPS) is 10.4. The molecule has 0 aliphatic heterocycles. The van der Waals surface area contributed by atoms with Crippen molar-refractivity contribution in [2.75, 3.05) is 11.9 Å². The lowest BCUT2D eigenvalue weighted by Gasteiger charge is -1.99. The Kier molecular flexibility index (Phi) is 3.98. The highest BCUT2D eigenvalue weighted by Gasteiger charge is 2.16. The first kappa shape index (κ1) is 13.3. The summed E-state index contributed by atoms with van der Waals surface area (Å²) < 4.78 is 0. The lowest BCUT2D eigenvalue weighted by Crippen LogP contribution is -2.20. The smallest absolute Gasteiger partial charge is 0.339 e. The van der Waals surface area contributed by atoms with Crippen LogP contribution in [0.4, 0.5) is 5.13 Å². The summed E-state index contributed by atoms with van der Waals surface area (Å²) in [5.41, 5.74) is 6.50. The van der Waals surface area contributed by atoms with Crippen LogP contribution < -0.4 is 16.0 Å². The van der Waals surface area contributed by atoms with Crippen molar-refractivity contribution in [3.63, 3.8) is 0 Å². The van der Waals surface area contributed by atoms with E-state index in [2.05, 4.69) is 10.3 Å². The van der Waals surface area contributed by atoms with Gasteiger partial charge in [0.05, 0.1) is 12.0 Å². The molecule has 2 rings (SSSR count). The molecule has 0 unspecified atom stereocenters. The Labute approximate surface area is 113 Å². The average molecular weight is 280 g/mol. The van der Waals surface area contributed by atoms with Crippen molar-refractivity contribution in [1.29, 1.82) is 0 Å². The first-order chi connectivity index (χ1) is 9.10. The van der Waals surface area contributed by atoms with Crippen LogP contribution in [0.25, 0.3) is 11.3 Å². The number of carbonyl (C=O) groups is 1. The predicted octanol–water partition coefficient (Wildman–Crippen LogP) is 0.928. The van der Waals surface area contributed by atoms with E-state index in [1.54, 1.807) is 11.4 Å². The minimum atomic E-state index is -0.165. The van der Waals surface area contributed by atoms with Crippen LogP contribution in [0.3, 0.4) is 0 Å². The average Bonchev–Trinajstić information content (AvgIpc) is 2.77. The fourth-order valence-corrected chi connectivity index (χ4v) is 2.32. The number of rotatable bonds is 4. The fraction of sp³-hybridized carbons (Fsp3) is 0.167. The molecule has 0 aliphatic carbocycles. The molecule has 0 atom stereocenters. The van der Waals surface area contributed by atoms with Crippen molar-refractivity contribution in [1.82, 2.24) is 0 Å². The van der Waals surface area contributed by atoms with Crippen LogP contribution >= 0.6 is 11.3 Å². The molecule has 100 valence electrons. The highest BCUT2D eigenvalue weighted by molar-refractivity contribution is 7.13. The number of H-pyrrole nitrogens is 1. The van der Waals surface area contributed by atoms with Crippen molar-refractivity contribution in [3.05, 3.63) is 23.6 Å². The summed E-state index contributed by atoms with van der Waals surface area (Å²) >= 11 is 1.31. The third-order valence-corrected chi connectivity index (χ3v) is 3.23. The third-order valence-electron chi connectivity index (χ3n) is 2.44. The first-order valence-electron chi connectivity index (χ1n) is 5.63. The molecule has 7 heteroatoms. The van der Waals surface area contributed by atoms with Crippen molar-refractivity contribution in [3.8, 4) is 22.8 Å². The summed E-state index contributed by atoms with van der Waals surface area (Å²) in [6.07, 6.45) is 0.255. The lowest BCUT2D eigenvalue weighted by molar-refractivity contribution is -0.341. The van der Waals surface area contributed by atoms with Crippen LogP contribution in [0.1, 0.15) is 6.42 Å². The lowest BCUT2D eigenvalue weighted by atomic mass is 10.1. The molecule has 1 heterocycles. The molecule has 2 aromatic rings. The summed E-state index contributed by atoms with van der Waals surface area (Å²) in [5, 5.41) is 24.0. The first-order valence-corrected chi connectivity index (χ1v) is 6.51. The minimum Gasteiger partial charge on any atom is -0.508 e. The number of aromatic hydroxyl groups is 2. The molecular weight excluding hydrogens is 266 g/mol. The summed E-state index contributed by atoms with van der Waals surface area (Å²) in [6, 6.07) is 4.33. The van der Waals surface area contributed by atoms with Crippen molar-refractivity contribution < 1.29 is 20.0 Å². The van der Waals surface area contributed by atoms with Gasteiger partial charge in [-0.25, -0.2) is 15.1 Å².